The van der Waals surface area contributed by atoms with Gasteiger partial charge in [-0.3, -0.25) is 4.40 Å². The van der Waals surface area contributed by atoms with Crippen LogP contribution in [-0.2, 0) is 16.8 Å². The largest absolute Gasteiger partial charge is 0.434 e. The van der Waals surface area contributed by atoms with Crippen LogP contribution >= 0.6 is 0 Å². The van der Waals surface area contributed by atoms with Gasteiger partial charge >= 0.3 is 6.61 Å². The van der Waals surface area contributed by atoms with Gasteiger partial charge in [-0.15, -0.1) is 0 Å². The lowest BCUT2D eigenvalue weighted by atomic mass is 10.0. The van der Waals surface area contributed by atoms with Gasteiger partial charge in [0.15, 0.2) is 5.82 Å². The number of ether oxygens (including phenoxy) is 2. The predicted molar refractivity (Wildman–Crippen MR) is 116 cm³/mol. The van der Waals surface area contributed by atoms with Crippen molar-refractivity contribution in [1.29, 1.82) is 0 Å². The summed E-state index contributed by atoms with van der Waals surface area (Å²) in [7, 11) is 0. The third-order valence-corrected chi connectivity index (χ3v) is 5.62. The molecule has 1 atom stereocenters. The topological polar surface area (TPSA) is 81.8 Å². The number of aromatic nitrogens is 4. The average molecular weight is 470 g/mol. The number of pyridine rings is 1. The zero-order chi connectivity index (χ0) is 24.0. The minimum Gasteiger partial charge on any atom is -0.434 e. The van der Waals surface area contributed by atoms with Gasteiger partial charge in [-0.05, 0) is 19.9 Å². The van der Waals surface area contributed by atoms with Gasteiger partial charge in [0, 0.05) is 47.8 Å². The van der Waals surface area contributed by atoms with E-state index in [1.54, 1.807) is 42.6 Å². The fourth-order valence-corrected chi connectivity index (χ4v) is 4.08. The van der Waals surface area contributed by atoms with Crippen molar-refractivity contribution in [2.45, 2.75) is 38.6 Å². The fourth-order valence-electron chi connectivity index (χ4n) is 4.08. The van der Waals surface area contributed by atoms with E-state index in [9.17, 15) is 13.9 Å². The molecule has 3 aromatic heterocycles. The Balaban J connectivity index is 1.64. The highest BCUT2D eigenvalue weighted by molar-refractivity contribution is 5.65. The van der Waals surface area contributed by atoms with E-state index in [2.05, 4.69) is 15.0 Å². The lowest BCUT2D eigenvalue weighted by Crippen LogP contribution is -2.20. The van der Waals surface area contributed by atoms with Crippen molar-refractivity contribution >= 4 is 5.65 Å². The maximum absolute atomic E-state index is 15.0. The summed E-state index contributed by atoms with van der Waals surface area (Å²) in [5, 5.41) is 10.1. The molecule has 1 N–H and O–H groups in total. The van der Waals surface area contributed by atoms with Gasteiger partial charge in [0.25, 0.3) is 0 Å². The molecule has 5 rings (SSSR count). The second kappa shape index (κ2) is 8.37. The molecule has 4 aromatic rings. The van der Waals surface area contributed by atoms with Crippen molar-refractivity contribution in [3.63, 3.8) is 0 Å². The van der Waals surface area contributed by atoms with Crippen molar-refractivity contribution in [3.05, 3.63) is 77.5 Å². The van der Waals surface area contributed by atoms with Crippen LogP contribution in [0, 0.1) is 5.82 Å². The van der Waals surface area contributed by atoms with Crippen LogP contribution < -0.4 is 4.74 Å². The molecule has 0 saturated heterocycles. The number of hydrogen-bond acceptors (Lipinski definition) is 6. The maximum atomic E-state index is 15.0. The minimum atomic E-state index is -2.99. The second-order valence-electron chi connectivity index (χ2n) is 8.48. The number of aliphatic hydroxyl groups is 1. The Hall–Kier alpha value is -3.50. The lowest BCUT2D eigenvalue weighted by molar-refractivity contribution is -0.0522. The summed E-state index contributed by atoms with van der Waals surface area (Å²) in [4.78, 5) is 12.9. The summed E-state index contributed by atoms with van der Waals surface area (Å²) < 4.78 is 53.4. The first-order chi connectivity index (χ1) is 16.2. The van der Waals surface area contributed by atoms with Crippen molar-refractivity contribution in [2.24, 2.45) is 0 Å². The Bertz CT molecular complexity index is 1350. The predicted octanol–water partition coefficient (Wildman–Crippen LogP) is 4.42. The molecule has 176 valence electrons. The Morgan fingerprint density at radius 2 is 1.94 bits per heavy atom. The third kappa shape index (κ3) is 3.99. The number of para-hydroxylation sites is 1. The number of rotatable bonds is 5. The summed E-state index contributed by atoms with van der Waals surface area (Å²) >= 11 is 0. The summed E-state index contributed by atoms with van der Waals surface area (Å²) in [5.41, 5.74) is 1.48. The minimum absolute atomic E-state index is 0.00300. The van der Waals surface area contributed by atoms with Crippen LogP contribution in [-0.4, -0.2) is 37.7 Å². The lowest BCUT2D eigenvalue weighted by Gasteiger charge is -2.25. The van der Waals surface area contributed by atoms with Crippen LogP contribution in [0.2, 0.25) is 0 Å². The van der Waals surface area contributed by atoms with Crippen LogP contribution in [0.25, 0.3) is 16.8 Å². The summed E-state index contributed by atoms with van der Waals surface area (Å²) in [6, 6.07) is 7.72. The molecule has 0 amide bonds. The molecule has 1 aromatic carbocycles. The molecule has 0 radical (unpaired) electrons. The zero-order valence-corrected chi connectivity index (χ0v) is 18.4. The van der Waals surface area contributed by atoms with Crippen molar-refractivity contribution < 1.29 is 27.8 Å². The number of hydrogen-bond donors (Lipinski definition) is 1. The van der Waals surface area contributed by atoms with E-state index in [1.165, 1.54) is 24.5 Å². The first-order valence-corrected chi connectivity index (χ1v) is 10.6. The molecule has 10 heteroatoms. The maximum Gasteiger partial charge on any atom is 0.387 e. The zero-order valence-electron chi connectivity index (χ0n) is 18.4. The second-order valence-corrected chi connectivity index (χ2v) is 8.48. The van der Waals surface area contributed by atoms with E-state index < -0.39 is 24.1 Å². The van der Waals surface area contributed by atoms with Crippen LogP contribution in [0.1, 0.15) is 42.7 Å². The van der Waals surface area contributed by atoms with Gasteiger partial charge in [-0.25, -0.2) is 19.3 Å². The molecule has 7 nitrogen and oxygen atoms in total. The number of imidazole rings is 1. The SMILES string of the molecule is CC(C)(O)c1ncc(-c2cn3c4c(nc3cc2F)CCOC4c2ccccc2OC(F)F)cn1. The first kappa shape index (κ1) is 22.3. The van der Waals surface area contributed by atoms with E-state index in [0.717, 1.165) is 0 Å². The molecule has 1 aliphatic heterocycles. The molecule has 34 heavy (non-hydrogen) atoms. The van der Waals surface area contributed by atoms with Gasteiger partial charge in [-0.2, -0.15) is 8.78 Å². The first-order valence-electron chi connectivity index (χ1n) is 10.6. The van der Waals surface area contributed by atoms with Gasteiger partial charge in [0.05, 0.1) is 18.0 Å². The summed E-state index contributed by atoms with van der Waals surface area (Å²) in [6.45, 7) is 0.454. The fraction of sp³-hybridized carbons (Fsp3) is 0.292. The van der Waals surface area contributed by atoms with E-state index in [-0.39, 0.29) is 17.1 Å². The highest BCUT2D eigenvalue weighted by Gasteiger charge is 2.31. The van der Waals surface area contributed by atoms with E-state index in [1.807, 2.05) is 0 Å². The van der Waals surface area contributed by atoms with Crippen molar-refractivity contribution in [3.8, 4) is 16.9 Å². The van der Waals surface area contributed by atoms with Crippen molar-refractivity contribution in [1.82, 2.24) is 19.4 Å². The molecule has 0 fully saturated rings. The molecule has 1 unspecified atom stereocenters. The van der Waals surface area contributed by atoms with Gasteiger partial charge in [0.1, 0.15) is 28.9 Å². The van der Waals surface area contributed by atoms with Crippen LogP contribution in [0.4, 0.5) is 13.2 Å². The standard InChI is InChI=1S/C24H21F3N4O3/c1-24(2,32)22-28-10-13(11-29-22)15-12-31-19(9-16(15)25)30-17-7-8-33-21(20(17)31)14-5-3-4-6-18(14)34-23(26)27/h3-6,9-12,21,23,32H,7-8H2,1-2H3. The quantitative estimate of drug-likeness (QED) is 0.465. The Kier molecular flexibility index (Phi) is 5.49. The Morgan fingerprint density at radius 3 is 2.65 bits per heavy atom. The van der Waals surface area contributed by atoms with Crippen LogP contribution in [0.5, 0.6) is 5.75 Å². The normalized spacial score (nSPS) is 16.1. The molecule has 1 aliphatic rings. The van der Waals surface area contributed by atoms with Gasteiger partial charge < -0.3 is 14.6 Å². The molecule has 0 aliphatic carbocycles. The number of halogens is 3. The van der Waals surface area contributed by atoms with Crippen molar-refractivity contribution in [2.75, 3.05) is 6.61 Å². The number of alkyl halides is 2. The Morgan fingerprint density at radius 1 is 1.21 bits per heavy atom. The van der Waals surface area contributed by atoms with Gasteiger partial charge in [-0.1, -0.05) is 18.2 Å². The highest BCUT2D eigenvalue weighted by atomic mass is 19.3. The van der Waals surface area contributed by atoms with E-state index in [4.69, 9.17) is 9.47 Å². The summed E-state index contributed by atoms with van der Waals surface area (Å²) in [6.07, 6.45) is 4.20. The molecule has 0 spiro atoms. The molecule has 4 heterocycles. The molecular weight excluding hydrogens is 449 g/mol. The number of nitrogens with zero attached hydrogens (tertiary/aromatic N) is 4. The smallest absolute Gasteiger partial charge is 0.387 e. The molecule has 0 bridgehead atoms. The van der Waals surface area contributed by atoms with Gasteiger partial charge in [0.2, 0.25) is 0 Å². The Labute approximate surface area is 192 Å². The van der Waals surface area contributed by atoms with Crippen LogP contribution in [0.15, 0.2) is 48.9 Å². The third-order valence-electron chi connectivity index (χ3n) is 5.62. The molecule has 0 saturated carbocycles. The van der Waals surface area contributed by atoms with E-state index in [0.29, 0.717) is 41.2 Å². The number of fused-ring (bicyclic) bond motifs is 3. The average Bonchev–Trinajstić information content (AvgIpc) is 3.15. The number of benzene rings is 1. The summed E-state index contributed by atoms with van der Waals surface area (Å²) in [5.74, 6) is -0.307. The highest BCUT2D eigenvalue weighted by Crippen LogP contribution is 2.39. The van der Waals surface area contributed by atoms with Crippen LogP contribution in [0.3, 0.4) is 0 Å². The monoisotopic (exact) mass is 470 g/mol. The van der Waals surface area contributed by atoms with E-state index >= 15 is 4.39 Å². The molecular formula is C24H21F3N4O3.